The summed E-state index contributed by atoms with van der Waals surface area (Å²) in [6, 6.07) is 3.18. The molecule has 0 aromatic heterocycles. The molecule has 1 saturated carbocycles. The molecule has 1 aromatic carbocycles. The molecule has 1 fully saturated rings. The van der Waals surface area contributed by atoms with Crippen molar-refractivity contribution in [1.29, 1.82) is 0 Å². The quantitative estimate of drug-likeness (QED) is 0.764. The van der Waals surface area contributed by atoms with Gasteiger partial charge >= 0.3 is 0 Å². The Balaban J connectivity index is 1.93. The largest absolute Gasteiger partial charge is 0.382 e. The molecule has 2 N–H and O–H groups in total. The van der Waals surface area contributed by atoms with Crippen LogP contribution in [0.4, 0.5) is 5.69 Å². The molecule has 1 aromatic rings. The Morgan fingerprint density at radius 3 is 2.62 bits per heavy atom. The van der Waals surface area contributed by atoms with Crippen molar-refractivity contribution < 1.29 is 8.42 Å². The maximum Gasteiger partial charge on any atom is 0.242 e. The van der Waals surface area contributed by atoms with Crippen LogP contribution in [0.3, 0.4) is 0 Å². The van der Waals surface area contributed by atoms with E-state index < -0.39 is 10.0 Å². The minimum absolute atomic E-state index is 0.0553. The van der Waals surface area contributed by atoms with E-state index >= 15 is 0 Å². The number of rotatable bonds is 1. The number of nitrogens with one attached hydrogen (secondary N) is 2. The fourth-order valence-electron chi connectivity index (χ4n) is 3.21. The highest BCUT2D eigenvalue weighted by molar-refractivity contribution is 9.10. The van der Waals surface area contributed by atoms with Gasteiger partial charge in [-0.25, -0.2) is 13.1 Å². The number of hydrogen-bond donors (Lipinski definition) is 2. The zero-order chi connectivity index (χ0) is 15.0. The number of hydrogen-bond acceptors (Lipinski definition) is 3. The number of fused-ring (bicyclic) bond motifs is 1. The highest BCUT2D eigenvalue weighted by atomic mass is 79.9. The smallest absolute Gasteiger partial charge is 0.242 e. The lowest BCUT2D eigenvalue weighted by atomic mass is 9.84. The standard InChI is InChI=1S/C14H18BrClN2O2S/c15-10-6-14-12(7-11(10)16)17-8-13(18-21(14,19)20)9-4-2-1-3-5-9/h6-7,9,13,17-18H,1-5,8H2. The number of benzene rings is 1. The highest BCUT2D eigenvalue weighted by Crippen LogP contribution is 2.35. The fourth-order valence-corrected chi connectivity index (χ4v) is 5.37. The fraction of sp³-hybridized carbons (Fsp3) is 0.571. The lowest BCUT2D eigenvalue weighted by Gasteiger charge is -2.29. The van der Waals surface area contributed by atoms with Gasteiger partial charge in [-0.05, 0) is 46.8 Å². The summed E-state index contributed by atoms with van der Waals surface area (Å²) in [5.41, 5.74) is 0.578. The zero-order valence-electron chi connectivity index (χ0n) is 11.5. The molecular formula is C14H18BrClN2O2S. The molecule has 0 saturated heterocycles. The third-order valence-electron chi connectivity index (χ3n) is 4.35. The van der Waals surface area contributed by atoms with E-state index in [1.807, 2.05) is 0 Å². The van der Waals surface area contributed by atoms with Gasteiger partial charge in [0.15, 0.2) is 0 Å². The molecule has 116 valence electrons. The monoisotopic (exact) mass is 392 g/mol. The first-order valence-corrected chi connectivity index (χ1v) is 9.88. The third-order valence-corrected chi connectivity index (χ3v) is 7.08. The van der Waals surface area contributed by atoms with Gasteiger partial charge in [0.2, 0.25) is 10.0 Å². The molecule has 0 bridgehead atoms. The maximum absolute atomic E-state index is 12.6. The SMILES string of the molecule is O=S1(=O)NC(C2CCCCC2)CNc2cc(Cl)c(Br)cc21. The van der Waals surface area contributed by atoms with Crippen LogP contribution < -0.4 is 10.0 Å². The van der Waals surface area contributed by atoms with Crippen LogP contribution in [0, 0.1) is 5.92 Å². The number of anilines is 1. The molecule has 2 aliphatic rings. The highest BCUT2D eigenvalue weighted by Gasteiger charge is 2.32. The van der Waals surface area contributed by atoms with Crippen LogP contribution in [0.2, 0.25) is 5.02 Å². The van der Waals surface area contributed by atoms with Gasteiger partial charge in [0, 0.05) is 17.1 Å². The van der Waals surface area contributed by atoms with Gasteiger partial charge in [-0.15, -0.1) is 0 Å². The van der Waals surface area contributed by atoms with Crippen molar-refractivity contribution in [2.45, 2.75) is 43.0 Å². The average Bonchev–Trinajstić information content (AvgIpc) is 2.58. The summed E-state index contributed by atoms with van der Waals surface area (Å²) in [4.78, 5) is 0.261. The van der Waals surface area contributed by atoms with E-state index in [-0.39, 0.29) is 10.9 Å². The van der Waals surface area contributed by atoms with Gasteiger partial charge in [-0.2, -0.15) is 0 Å². The van der Waals surface area contributed by atoms with Crippen molar-refractivity contribution in [2.75, 3.05) is 11.9 Å². The Morgan fingerprint density at radius 2 is 1.90 bits per heavy atom. The van der Waals surface area contributed by atoms with Crippen molar-refractivity contribution >= 4 is 43.2 Å². The van der Waals surface area contributed by atoms with Crippen LogP contribution in [0.1, 0.15) is 32.1 Å². The Labute approximate surface area is 138 Å². The predicted molar refractivity (Wildman–Crippen MR) is 88.3 cm³/mol. The molecule has 1 aliphatic carbocycles. The molecule has 0 spiro atoms. The normalized spacial score (nSPS) is 25.7. The van der Waals surface area contributed by atoms with E-state index in [2.05, 4.69) is 26.0 Å². The molecule has 7 heteroatoms. The van der Waals surface area contributed by atoms with Gasteiger partial charge in [-0.1, -0.05) is 30.9 Å². The van der Waals surface area contributed by atoms with Crippen molar-refractivity contribution in [3.63, 3.8) is 0 Å². The van der Waals surface area contributed by atoms with E-state index in [0.717, 1.165) is 12.8 Å². The zero-order valence-corrected chi connectivity index (χ0v) is 14.7. The van der Waals surface area contributed by atoms with E-state index in [0.29, 0.717) is 27.6 Å². The lowest BCUT2D eigenvalue weighted by molar-refractivity contribution is 0.298. The summed E-state index contributed by atoms with van der Waals surface area (Å²) in [6.45, 7) is 0.606. The van der Waals surface area contributed by atoms with Crippen LogP contribution >= 0.6 is 27.5 Å². The topological polar surface area (TPSA) is 58.2 Å². The summed E-state index contributed by atoms with van der Waals surface area (Å²) in [6.07, 6.45) is 5.82. The van der Waals surface area contributed by atoms with Crippen LogP contribution in [0.15, 0.2) is 21.5 Å². The van der Waals surface area contributed by atoms with E-state index in [1.165, 1.54) is 19.3 Å². The number of halogens is 2. The van der Waals surface area contributed by atoms with Crippen molar-refractivity contribution in [2.24, 2.45) is 5.92 Å². The summed E-state index contributed by atoms with van der Waals surface area (Å²) in [5, 5.41) is 3.76. The van der Waals surface area contributed by atoms with Crippen LogP contribution in [0.25, 0.3) is 0 Å². The first kappa shape index (κ1) is 15.6. The molecule has 1 aliphatic heterocycles. The molecule has 1 heterocycles. The van der Waals surface area contributed by atoms with E-state index in [9.17, 15) is 8.42 Å². The van der Waals surface area contributed by atoms with Gasteiger partial charge in [0.1, 0.15) is 4.90 Å². The van der Waals surface area contributed by atoms with Gasteiger partial charge in [0.25, 0.3) is 0 Å². The van der Waals surface area contributed by atoms with Crippen LogP contribution in [-0.2, 0) is 10.0 Å². The molecule has 3 rings (SSSR count). The second kappa shape index (κ2) is 6.07. The Morgan fingerprint density at radius 1 is 1.19 bits per heavy atom. The Kier molecular flexibility index (Phi) is 4.50. The molecule has 0 amide bonds. The van der Waals surface area contributed by atoms with Crippen molar-refractivity contribution in [3.05, 3.63) is 21.6 Å². The Hall–Kier alpha value is -0.300. The predicted octanol–water partition coefficient (Wildman–Crippen LogP) is 3.76. The van der Waals surface area contributed by atoms with Crippen molar-refractivity contribution in [1.82, 2.24) is 4.72 Å². The third kappa shape index (κ3) is 3.23. The second-order valence-corrected chi connectivity index (χ2v) is 8.71. The minimum Gasteiger partial charge on any atom is -0.382 e. The summed E-state index contributed by atoms with van der Waals surface area (Å²) in [7, 11) is -3.52. The second-order valence-electron chi connectivity index (χ2n) is 5.77. The van der Waals surface area contributed by atoms with Gasteiger partial charge in [-0.3, -0.25) is 0 Å². The van der Waals surface area contributed by atoms with E-state index in [1.54, 1.807) is 12.1 Å². The first-order valence-electron chi connectivity index (χ1n) is 7.22. The molecule has 1 unspecified atom stereocenters. The maximum atomic E-state index is 12.6. The minimum atomic E-state index is -3.52. The van der Waals surface area contributed by atoms with Crippen LogP contribution in [0.5, 0.6) is 0 Å². The lowest BCUT2D eigenvalue weighted by Crippen LogP contribution is -2.43. The molecule has 0 radical (unpaired) electrons. The average molecular weight is 394 g/mol. The summed E-state index contributed by atoms with van der Waals surface area (Å²) >= 11 is 9.37. The van der Waals surface area contributed by atoms with E-state index in [4.69, 9.17) is 11.6 Å². The molecule has 4 nitrogen and oxygen atoms in total. The molecule has 1 atom stereocenters. The van der Waals surface area contributed by atoms with Crippen molar-refractivity contribution in [3.8, 4) is 0 Å². The molecule has 21 heavy (non-hydrogen) atoms. The Bertz CT molecular complexity index is 645. The summed E-state index contributed by atoms with van der Waals surface area (Å²) in [5.74, 6) is 0.411. The van der Waals surface area contributed by atoms with Gasteiger partial charge < -0.3 is 5.32 Å². The first-order chi connectivity index (χ1) is 9.97. The van der Waals surface area contributed by atoms with Gasteiger partial charge in [0.05, 0.1) is 10.7 Å². The van der Waals surface area contributed by atoms with Crippen LogP contribution in [-0.4, -0.2) is 21.0 Å². The summed E-state index contributed by atoms with van der Waals surface area (Å²) < 4.78 is 28.7. The molecular weight excluding hydrogens is 376 g/mol. The number of sulfonamides is 1.